The Hall–Kier alpha value is -2.87. The SMILES string of the molecule is CN(C)C(=O)Nc1cccc(C(=O)N2CCNCC2c2nccn2C)c1. The summed E-state index contributed by atoms with van der Waals surface area (Å²) in [7, 11) is 5.27. The second-order valence-corrected chi connectivity index (χ2v) is 6.52. The number of nitrogens with zero attached hydrogens (tertiary/aromatic N) is 4. The quantitative estimate of drug-likeness (QED) is 0.868. The lowest BCUT2D eigenvalue weighted by atomic mass is 10.1. The van der Waals surface area contributed by atoms with Crippen LogP contribution < -0.4 is 10.6 Å². The molecule has 0 aliphatic carbocycles. The van der Waals surface area contributed by atoms with E-state index in [9.17, 15) is 9.59 Å². The van der Waals surface area contributed by atoms with Gasteiger partial charge in [0.05, 0.1) is 0 Å². The highest BCUT2D eigenvalue weighted by Crippen LogP contribution is 2.23. The van der Waals surface area contributed by atoms with Crippen LogP contribution in [0.25, 0.3) is 0 Å². The molecule has 1 aromatic heterocycles. The van der Waals surface area contributed by atoms with E-state index >= 15 is 0 Å². The third kappa shape index (κ3) is 3.70. The van der Waals surface area contributed by atoms with E-state index in [-0.39, 0.29) is 18.0 Å². The molecule has 2 heterocycles. The van der Waals surface area contributed by atoms with Gasteiger partial charge >= 0.3 is 6.03 Å². The number of amides is 3. The largest absolute Gasteiger partial charge is 0.336 e. The molecule has 1 aliphatic rings. The Morgan fingerprint density at radius 1 is 1.35 bits per heavy atom. The van der Waals surface area contributed by atoms with Crippen LogP contribution in [0, 0.1) is 0 Å². The van der Waals surface area contributed by atoms with E-state index in [4.69, 9.17) is 0 Å². The molecule has 1 fully saturated rings. The summed E-state index contributed by atoms with van der Waals surface area (Å²) in [5, 5.41) is 6.10. The maximum absolute atomic E-state index is 13.1. The van der Waals surface area contributed by atoms with Gasteiger partial charge in [-0.15, -0.1) is 0 Å². The van der Waals surface area contributed by atoms with Crippen molar-refractivity contribution >= 4 is 17.6 Å². The normalized spacial score (nSPS) is 17.0. The Kier molecular flexibility index (Phi) is 5.22. The third-order valence-corrected chi connectivity index (χ3v) is 4.43. The molecular weight excluding hydrogens is 332 g/mol. The van der Waals surface area contributed by atoms with Gasteiger partial charge in [0.1, 0.15) is 11.9 Å². The summed E-state index contributed by atoms with van der Waals surface area (Å²) in [5.41, 5.74) is 1.14. The minimum Gasteiger partial charge on any atom is -0.336 e. The molecule has 2 aromatic rings. The van der Waals surface area contributed by atoms with Crippen molar-refractivity contribution < 1.29 is 9.59 Å². The molecule has 1 aliphatic heterocycles. The standard InChI is InChI=1S/C18H24N6O2/c1-22(2)18(26)21-14-6-4-5-13(11-14)17(25)24-10-7-19-12-15(24)16-20-8-9-23(16)3/h4-6,8-9,11,15,19H,7,10,12H2,1-3H3,(H,21,26). The molecule has 0 spiro atoms. The highest BCUT2D eigenvalue weighted by Gasteiger charge is 2.31. The fourth-order valence-electron chi connectivity index (χ4n) is 3.01. The number of rotatable bonds is 3. The highest BCUT2D eigenvalue weighted by atomic mass is 16.2. The van der Waals surface area contributed by atoms with Crippen LogP contribution in [0.2, 0.25) is 0 Å². The topological polar surface area (TPSA) is 82.5 Å². The molecule has 0 radical (unpaired) electrons. The maximum Gasteiger partial charge on any atom is 0.321 e. The number of anilines is 1. The number of nitrogens with one attached hydrogen (secondary N) is 2. The molecule has 0 saturated carbocycles. The second-order valence-electron chi connectivity index (χ2n) is 6.52. The van der Waals surface area contributed by atoms with E-state index in [1.54, 1.807) is 44.6 Å². The molecule has 3 amide bonds. The van der Waals surface area contributed by atoms with Gasteiger partial charge in [-0.1, -0.05) is 6.07 Å². The van der Waals surface area contributed by atoms with Gasteiger partial charge in [-0.05, 0) is 18.2 Å². The minimum absolute atomic E-state index is 0.0690. The molecule has 3 rings (SSSR count). The van der Waals surface area contributed by atoms with Crippen molar-refractivity contribution in [2.45, 2.75) is 6.04 Å². The number of piperazine rings is 1. The number of carbonyl (C=O) groups is 2. The van der Waals surface area contributed by atoms with Crippen LogP contribution in [0.15, 0.2) is 36.7 Å². The molecule has 138 valence electrons. The molecule has 0 bridgehead atoms. The molecule has 8 heteroatoms. The number of imidazole rings is 1. The van der Waals surface area contributed by atoms with Crippen LogP contribution in [-0.4, -0.2) is 65.0 Å². The summed E-state index contributed by atoms with van der Waals surface area (Å²) >= 11 is 0. The van der Waals surface area contributed by atoms with Crippen molar-refractivity contribution in [2.75, 3.05) is 39.0 Å². The molecule has 1 atom stereocenters. The van der Waals surface area contributed by atoms with E-state index in [0.717, 1.165) is 12.4 Å². The zero-order chi connectivity index (χ0) is 18.7. The predicted octanol–water partition coefficient (Wildman–Crippen LogP) is 1.30. The zero-order valence-corrected chi connectivity index (χ0v) is 15.3. The Bertz CT molecular complexity index is 800. The van der Waals surface area contributed by atoms with E-state index in [0.29, 0.717) is 24.3 Å². The van der Waals surface area contributed by atoms with Crippen molar-refractivity contribution in [3.05, 3.63) is 48.0 Å². The number of benzene rings is 1. The third-order valence-electron chi connectivity index (χ3n) is 4.43. The fourth-order valence-corrected chi connectivity index (χ4v) is 3.01. The first-order valence-corrected chi connectivity index (χ1v) is 8.54. The Balaban J connectivity index is 1.83. The second kappa shape index (κ2) is 7.57. The van der Waals surface area contributed by atoms with Crippen LogP contribution in [0.4, 0.5) is 10.5 Å². The van der Waals surface area contributed by atoms with Gasteiger partial charge in [-0.25, -0.2) is 9.78 Å². The monoisotopic (exact) mass is 356 g/mol. The summed E-state index contributed by atoms with van der Waals surface area (Å²) in [6, 6.07) is 6.66. The fraction of sp³-hybridized carbons (Fsp3) is 0.389. The number of urea groups is 1. The van der Waals surface area contributed by atoms with Crippen LogP contribution in [-0.2, 0) is 7.05 Å². The Morgan fingerprint density at radius 2 is 2.15 bits per heavy atom. The first-order chi connectivity index (χ1) is 12.5. The Labute approximate surface area is 152 Å². The van der Waals surface area contributed by atoms with Crippen LogP contribution in [0.3, 0.4) is 0 Å². The van der Waals surface area contributed by atoms with E-state index in [2.05, 4.69) is 15.6 Å². The molecule has 26 heavy (non-hydrogen) atoms. The van der Waals surface area contributed by atoms with E-state index < -0.39 is 0 Å². The minimum atomic E-state index is -0.234. The first-order valence-electron chi connectivity index (χ1n) is 8.54. The molecule has 1 aromatic carbocycles. The van der Waals surface area contributed by atoms with Crippen molar-refractivity contribution in [2.24, 2.45) is 7.05 Å². The number of aryl methyl sites for hydroxylation is 1. The summed E-state index contributed by atoms with van der Waals surface area (Å²) in [6.45, 7) is 2.00. The number of aromatic nitrogens is 2. The molecule has 1 unspecified atom stereocenters. The molecule has 1 saturated heterocycles. The van der Waals surface area contributed by atoms with Crippen LogP contribution >= 0.6 is 0 Å². The smallest absolute Gasteiger partial charge is 0.321 e. The van der Waals surface area contributed by atoms with E-state index in [1.807, 2.05) is 22.7 Å². The number of hydrogen-bond donors (Lipinski definition) is 2. The predicted molar refractivity (Wildman–Crippen MR) is 99.0 cm³/mol. The van der Waals surface area contributed by atoms with Crippen LogP contribution in [0.1, 0.15) is 22.2 Å². The van der Waals surface area contributed by atoms with Crippen molar-refractivity contribution in [1.29, 1.82) is 0 Å². The van der Waals surface area contributed by atoms with Crippen molar-refractivity contribution in [3.63, 3.8) is 0 Å². The average Bonchev–Trinajstić information content (AvgIpc) is 3.07. The summed E-state index contributed by atoms with van der Waals surface area (Å²) in [6.07, 6.45) is 3.62. The van der Waals surface area contributed by atoms with Gasteiger partial charge in [0, 0.05) is 64.4 Å². The van der Waals surface area contributed by atoms with Gasteiger partial charge in [0.25, 0.3) is 5.91 Å². The molecule has 8 nitrogen and oxygen atoms in total. The lowest BCUT2D eigenvalue weighted by molar-refractivity contribution is 0.0621. The maximum atomic E-state index is 13.1. The van der Waals surface area contributed by atoms with E-state index in [1.165, 1.54) is 4.90 Å². The average molecular weight is 356 g/mol. The van der Waals surface area contributed by atoms with Gasteiger partial charge in [0.15, 0.2) is 0 Å². The summed E-state index contributed by atoms with van der Waals surface area (Å²) in [4.78, 5) is 32.7. The lowest BCUT2D eigenvalue weighted by Crippen LogP contribution is -2.49. The van der Waals surface area contributed by atoms with Gasteiger partial charge in [-0.2, -0.15) is 0 Å². The lowest BCUT2D eigenvalue weighted by Gasteiger charge is -2.35. The number of hydrogen-bond acceptors (Lipinski definition) is 4. The Morgan fingerprint density at radius 3 is 2.85 bits per heavy atom. The van der Waals surface area contributed by atoms with Gasteiger partial charge < -0.3 is 25.0 Å². The number of carbonyl (C=O) groups excluding carboxylic acids is 2. The summed E-state index contributed by atoms with van der Waals surface area (Å²) < 4.78 is 1.94. The van der Waals surface area contributed by atoms with Crippen molar-refractivity contribution in [3.8, 4) is 0 Å². The van der Waals surface area contributed by atoms with Crippen LogP contribution in [0.5, 0.6) is 0 Å². The zero-order valence-electron chi connectivity index (χ0n) is 15.3. The highest BCUT2D eigenvalue weighted by molar-refractivity contribution is 5.97. The molecule has 2 N–H and O–H groups in total. The van der Waals surface area contributed by atoms with Gasteiger partial charge in [0.2, 0.25) is 0 Å². The van der Waals surface area contributed by atoms with Gasteiger partial charge in [-0.3, -0.25) is 4.79 Å². The van der Waals surface area contributed by atoms with Crippen molar-refractivity contribution in [1.82, 2.24) is 24.7 Å². The summed E-state index contributed by atoms with van der Waals surface area (Å²) in [5.74, 6) is 0.781. The first kappa shape index (κ1) is 17.9. The molecular formula is C18H24N6O2.